The van der Waals surface area contributed by atoms with Crippen LogP contribution in [0.5, 0.6) is 23.0 Å². The molecule has 4 aromatic carbocycles. The number of methoxy groups -OCH3 is 2. The molecule has 5 rings (SSSR count). The highest BCUT2D eigenvalue weighted by atomic mass is 19.1. The van der Waals surface area contributed by atoms with Crippen LogP contribution in [0.4, 0.5) is 4.39 Å². The lowest BCUT2D eigenvalue weighted by Crippen LogP contribution is -2.34. The minimum atomic E-state index is -1.05. The number of ether oxygens (including phenoxy) is 3. The molecule has 0 aliphatic carbocycles. The molecule has 1 N–H and O–H groups in total. The molecule has 0 saturated carbocycles. The number of rotatable bonds is 4. The van der Waals surface area contributed by atoms with E-state index in [-0.39, 0.29) is 5.75 Å². The molecule has 0 aromatic heterocycles. The number of fused-ring (bicyclic) bond motifs is 3. The van der Waals surface area contributed by atoms with Crippen LogP contribution in [0.25, 0.3) is 16.8 Å². The summed E-state index contributed by atoms with van der Waals surface area (Å²) in [5.74, 6) is 1.35. The van der Waals surface area contributed by atoms with E-state index in [0.29, 0.717) is 33.6 Å². The first-order valence-electron chi connectivity index (χ1n) is 10.2. The van der Waals surface area contributed by atoms with E-state index in [2.05, 4.69) is 0 Å². The highest BCUT2D eigenvalue weighted by molar-refractivity contribution is 5.95. The Morgan fingerprint density at radius 1 is 0.844 bits per heavy atom. The molecule has 1 aliphatic rings. The van der Waals surface area contributed by atoms with Crippen LogP contribution < -0.4 is 14.2 Å². The van der Waals surface area contributed by atoms with Crippen LogP contribution in [0, 0.1) is 5.82 Å². The van der Waals surface area contributed by atoms with Crippen molar-refractivity contribution in [1.82, 2.24) is 0 Å². The van der Waals surface area contributed by atoms with Gasteiger partial charge in [0.25, 0.3) is 0 Å². The summed E-state index contributed by atoms with van der Waals surface area (Å²) in [6, 6.07) is 21.4. The Bertz CT molecular complexity index is 1280. The van der Waals surface area contributed by atoms with E-state index in [1.807, 2.05) is 54.6 Å². The molecule has 0 fully saturated rings. The summed E-state index contributed by atoms with van der Waals surface area (Å²) in [6.07, 6.45) is 3.67. The number of hydrogen-bond donors (Lipinski definition) is 1. The van der Waals surface area contributed by atoms with Crippen LogP contribution in [0.15, 0.2) is 78.9 Å². The van der Waals surface area contributed by atoms with Gasteiger partial charge in [0, 0.05) is 11.1 Å². The van der Waals surface area contributed by atoms with Gasteiger partial charge in [0.1, 0.15) is 28.8 Å². The lowest BCUT2D eigenvalue weighted by molar-refractivity contribution is 0.162. The van der Waals surface area contributed by atoms with E-state index in [4.69, 9.17) is 14.2 Å². The van der Waals surface area contributed by atoms with Crippen LogP contribution >= 0.6 is 0 Å². The molecular formula is C27H21FO4. The van der Waals surface area contributed by atoms with Crippen molar-refractivity contribution in [2.45, 2.75) is 5.60 Å². The van der Waals surface area contributed by atoms with Crippen LogP contribution in [0.1, 0.15) is 16.7 Å². The van der Waals surface area contributed by atoms with E-state index in [1.54, 1.807) is 38.5 Å². The lowest BCUT2D eigenvalue weighted by atomic mass is 9.83. The Morgan fingerprint density at radius 3 is 2.00 bits per heavy atom. The van der Waals surface area contributed by atoms with Gasteiger partial charge < -0.3 is 19.3 Å². The first-order valence-corrected chi connectivity index (χ1v) is 10.2. The summed E-state index contributed by atoms with van der Waals surface area (Å²) >= 11 is 0. The summed E-state index contributed by atoms with van der Waals surface area (Å²) in [7, 11) is 3.22. The summed E-state index contributed by atoms with van der Waals surface area (Å²) in [4.78, 5) is 0. The van der Waals surface area contributed by atoms with Crippen LogP contribution in [-0.2, 0) is 5.60 Å². The van der Waals surface area contributed by atoms with Gasteiger partial charge in [0.05, 0.1) is 25.2 Å². The van der Waals surface area contributed by atoms with Gasteiger partial charge in [-0.15, -0.1) is 0 Å². The average Bonchev–Trinajstić information content (AvgIpc) is 2.84. The van der Waals surface area contributed by atoms with Gasteiger partial charge in [0.15, 0.2) is 5.60 Å². The molecule has 0 saturated heterocycles. The number of phenolic OH excluding ortho intramolecular Hbond substituents is 1. The summed E-state index contributed by atoms with van der Waals surface area (Å²) < 4.78 is 32.2. The van der Waals surface area contributed by atoms with Crippen molar-refractivity contribution in [3.8, 4) is 23.0 Å². The van der Waals surface area contributed by atoms with E-state index in [1.165, 1.54) is 6.07 Å². The molecule has 0 unspecified atom stereocenters. The van der Waals surface area contributed by atoms with Crippen molar-refractivity contribution in [2.24, 2.45) is 0 Å². The Hall–Kier alpha value is -3.99. The summed E-state index contributed by atoms with van der Waals surface area (Å²) in [5.41, 5.74) is 1.06. The van der Waals surface area contributed by atoms with Gasteiger partial charge >= 0.3 is 0 Å². The first kappa shape index (κ1) is 19.9. The molecule has 1 heterocycles. The minimum absolute atomic E-state index is 0.0346. The van der Waals surface area contributed by atoms with Gasteiger partial charge in [0.2, 0.25) is 0 Å². The predicted molar refractivity (Wildman–Crippen MR) is 122 cm³/mol. The molecule has 32 heavy (non-hydrogen) atoms. The molecular weight excluding hydrogens is 407 g/mol. The maximum Gasteiger partial charge on any atom is 0.178 e. The Kier molecular flexibility index (Phi) is 4.74. The maximum atomic E-state index is 14.9. The highest BCUT2D eigenvalue weighted by Crippen LogP contribution is 2.48. The van der Waals surface area contributed by atoms with E-state index in [0.717, 1.165) is 11.1 Å². The van der Waals surface area contributed by atoms with Gasteiger partial charge in [-0.05, 0) is 53.9 Å². The first-order chi connectivity index (χ1) is 15.6. The third kappa shape index (κ3) is 3.05. The zero-order valence-electron chi connectivity index (χ0n) is 17.6. The molecule has 0 atom stereocenters. The third-order valence-electron chi connectivity index (χ3n) is 5.87. The second-order valence-electron chi connectivity index (χ2n) is 7.60. The Morgan fingerprint density at radius 2 is 1.44 bits per heavy atom. The molecule has 160 valence electrons. The zero-order chi connectivity index (χ0) is 22.3. The van der Waals surface area contributed by atoms with Gasteiger partial charge in [-0.2, -0.15) is 0 Å². The standard InChI is InChI=1S/C27H21FO4/c1-30-20-10-6-18(7-11-20)27(19-8-12-21(31-2)13-9-19)15-14-22-24(29)16-17-4-3-5-23(28)25(17)26(22)32-27/h3-16,29H,1-2H3. The summed E-state index contributed by atoms with van der Waals surface area (Å²) in [5, 5.41) is 11.5. The van der Waals surface area contributed by atoms with Crippen LogP contribution in [0.2, 0.25) is 0 Å². The molecule has 0 bridgehead atoms. The molecule has 5 heteroatoms. The normalized spacial score (nSPS) is 14.0. The number of phenols is 1. The fourth-order valence-electron chi connectivity index (χ4n) is 4.19. The monoisotopic (exact) mass is 428 g/mol. The van der Waals surface area contributed by atoms with E-state index in [9.17, 15) is 9.50 Å². The van der Waals surface area contributed by atoms with Gasteiger partial charge in [-0.25, -0.2) is 4.39 Å². The number of hydrogen-bond acceptors (Lipinski definition) is 4. The van der Waals surface area contributed by atoms with Crippen molar-refractivity contribution < 1.29 is 23.7 Å². The Labute approximate surface area is 185 Å². The van der Waals surface area contributed by atoms with Crippen molar-refractivity contribution in [3.63, 3.8) is 0 Å². The largest absolute Gasteiger partial charge is 0.507 e. The number of halogens is 1. The molecule has 0 spiro atoms. The summed E-state index contributed by atoms with van der Waals surface area (Å²) in [6.45, 7) is 0. The SMILES string of the molecule is COc1ccc(C2(c3ccc(OC)cc3)C=Cc3c(O)cc4cccc(F)c4c3O2)cc1. The van der Waals surface area contributed by atoms with Crippen molar-refractivity contribution in [1.29, 1.82) is 0 Å². The number of benzene rings is 4. The topological polar surface area (TPSA) is 47.9 Å². The van der Waals surface area contributed by atoms with Crippen molar-refractivity contribution in [3.05, 3.63) is 101 Å². The van der Waals surface area contributed by atoms with Crippen molar-refractivity contribution in [2.75, 3.05) is 14.2 Å². The zero-order valence-corrected chi connectivity index (χ0v) is 17.6. The highest BCUT2D eigenvalue weighted by Gasteiger charge is 2.39. The molecule has 4 aromatic rings. The quantitative estimate of drug-likeness (QED) is 0.430. The molecule has 0 radical (unpaired) electrons. The van der Waals surface area contributed by atoms with Gasteiger partial charge in [-0.1, -0.05) is 36.4 Å². The van der Waals surface area contributed by atoms with Crippen LogP contribution in [0.3, 0.4) is 0 Å². The number of aromatic hydroxyl groups is 1. The van der Waals surface area contributed by atoms with Crippen molar-refractivity contribution >= 4 is 16.8 Å². The van der Waals surface area contributed by atoms with Crippen LogP contribution in [-0.4, -0.2) is 19.3 Å². The minimum Gasteiger partial charge on any atom is -0.507 e. The molecule has 4 nitrogen and oxygen atoms in total. The van der Waals surface area contributed by atoms with Gasteiger partial charge in [-0.3, -0.25) is 0 Å². The maximum absolute atomic E-state index is 14.9. The Balaban J connectivity index is 1.77. The lowest BCUT2D eigenvalue weighted by Gasteiger charge is -2.37. The third-order valence-corrected chi connectivity index (χ3v) is 5.87. The fraction of sp³-hybridized carbons (Fsp3) is 0.111. The second-order valence-corrected chi connectivity index (χ2v) is 7.60. The molecule has 1 aliphatic heterocycles. The average molecular weight is 428 g/mol. The predicted octanol–water partition coefficient (Wildman–Crippen LogP) is 6.05. The second kappa shape index (κ2) is 7.61. The van der Waals surface area contributed by atoms with E-state index < -0.39 is 11.4 Å². The van der Waals surface area contributed by atoms with E-state index >= 15 is 0 Å². The fourth-order valence-corrected chi connectivity index (χ4v) is 4.19. The molecule has 0 amide bonds. The smallest absolute Gasteiger partial charge is 0.178 e.